The molecule has 1 saturated heterocycles. The van der Waals surface area contributed by atoms with Crippen molar-refractivity contribution in [1.82, 2.24) is 9.97 Å². The van der Waals surface area contributed by atoms with Crippen LogP contribution in [0.2, 0.25) is 0 Å². The van der Waals surface area contributed by atoms with Gasteiger partial charge in [-0.1, -0.05) is 13.8 Å². The topological polar surface area (TPSA) is 52.5 Å². The quantitative estimate of drug-likeness (QED) is 0.901. The standard InChI is InChI=1S/C16H28N4O/c1-12(2)9-14(21)13-5-7-20(8-6-13)16-11-17-10-15(18-16)19(3)4/h10-14,21H,5-9H2,1-4H3/t14-/m0/s1. The van der Waals surface area contributed by atoms with Crippen molar-refractivity contribution >= 4 is 11.6 Å². The van der Waals surface area contributed by atoms with Gasteiger partial charge in [-0.2, -0.15) is 0 Å². The highest BCUT2D eigenvalue weighted by molar-refractivity contribution is 5.44. The first-order valence-electron chi connectivity index (χ1n) is 7.89. The van der Waals surface area contributed by atoms with Crippen LogP contribution in [-0.4, -0.2) is 48.4 Å². The second-order valence-electron chi connectivity index (χ2n) is 6.65. The lowest BCUT2D eigenvalue weighted by Crippen LogP contribution is -2.38. The van der Waals surface area contributed by atoms with Gasteiger partial charge in [-0.15, -0.1) is 0 Å². The van der Waals surface area contributed by atoms with E-state index in [1.54, 1.807) is 6.20 Å². The molecule has 1 aromatic heterocycles. The summed E-state index contributed by atoms with van der Waals surface area (Å²) in [5.74, 6) is 2.81. The Hall–Kier alpha value is -1.36. The Balaban J connectivity index is 1.93. The molecule has 118 valence electrons. The third kappa shape index (κ3) is 4.30. The molecule has 1 N–H and O–H groups in total. The number of aliphatic hydroxyl groups excluding tert-OH is 1. The van der Waals surface area contributed by atoms with Gasteiger partial charge >= 0.3 is 0 Å². The van der Waals surface area contributed by atoms with Crippen molar-refractivity contribution in [3.8, 4) is 0 Å². The second kappa shape index (κ2) is 7.07. The molecule has 0 unspecified atom stereocenters. The molecule has 5 heteroatoms. The van der Waals surface area contributed by atoms with Gasteiger partial charge in [-0.3, -0.25) is 4.98 Å². The van der Waals surface area contributed by atoms with Crippen molar-refractivity contribution in [2.45, 2.75) is 39.2 Å². The minimum atomic E-state index is -0.161. The van der Waals surface area contributed by atoms with Gasteiger partial charge in [0.25, 0.3) is 0 Å². The molecule has 1 atom stereocenters. The molecule has 1 aliphatic heterocycles. The molecule has 2 heterocycles. The summed E-state index contributed by atoms with van der Waals surface area (Å²) in [7, 11) is 3.95. The predicted molar refractivity (Wildman–Crippen MR) is 86.8 cm³/mol. The van der Waals surface area contributed by atoms with Crippen LogP contribution in [0.25, 0.3) is 0 Å². The maximum atomic E-state index is 10.3. The Morgan fingerprint density at radius 2 is 1.95 bits per heavy atom. The fourth-order valence-electron chi connectivity index (χ4n) is 2.90. The van der Waals surface area contributed by atoms with E-state index in [9.17, 15) is 5.11 Å². The molecule has 2 rings (SSSR count). The lowest BCUT2D eigenvalue weighted by Gasteiger charge is -2.35. The summed E-state index contributed by atoms with van der Waals surface area (Å²) in [5.41, 5.74) is 0. The van der Waals surface area contributed by atoms with Crippen LogP contribution in [0.4, 0.5) is 11.6 Å². The van der Waals surface area contributed by atoms with Crippen molar-refractivity contribution in [2.24, 2.45) is 11.8 Å². The molecule has 21 heavy (non-hydrogen) atoms. The first-order valence-corrected chi connectivity index (χ1v) is 7.89. The zero-order valence-corrected chi connectivity index (χ0v) is 13.7. The van der Waals surface area contributed by atoms with Crippen LogP contribution in [-0.2, 0) is 0 Å². The van der Waals surface area contributed by atoms with E-state index in [2.05, 4.69) is 28.7 Å². The van der Waals surface area contributed by atoms with Crippen molar-refractivity contribution in [3.63, 3.8) is 0 Å². The Labute approximate surface area is 128 Å². The lowest BCUT2D eigenvalue weighted by molar-refractivity contribution is 0.0734. The van der Waals surface area contributed by atoms with Gasteiger partial charge < -0.3 is 14.9 Å². The van der Waals surface area contributed by atoms with Crippen LogP contribution in [0.3, 0.4) is 0 Å². The van der Waals surface area contributed by atoms with Crippen molar-refractivity contribution in [3.05, 3.63) is 12.4 Å². The number of nitrogens with zero attached hydrogens (tertiary/aromatic N) is 4. The van der Waals surface area contributed by atoms with E-state index >= 15 is 0 Å². The molecule has 0 radical (unpaired) electrons. The molecule has 1 aliphatic rings. The van der Waals surface area contributed by atoms with E-state index in [0.29, 0.717) is 11.8 Å². The van der Waals surface area contributed by atoms with Gasteiger partial charge in [-0.05, 0) is 31.1 Å². The number of hydrogen-bond acceptors (Lipinski definition) is 5. The van der Waals surface area contributed by atoms with Crippen molar-refractivity contribution < 1.29 is 5.11 Å². The summed E-state index contributed by atoms with van der Waals surface area (Å²) < 4.78 is 0. The van der Waals surface area contributed by atoms with Gasteiger partial charge in [0.15, 0.2) is 0 Å². The van der Waals surface area contributed by atoms with E-state index in [1.807, 2.05) is 25.2 Å². The van der Waals surface area contributed by atoms with Gasteiger partial charge in [0, 0.05) is 27.2 Å². The maximum absolute atomic E-state index is 10.3. The molecule has 0 amide bonds. The van der Waals surface area contributed by atoms with Crippen LogP contribution < -0.4 is 9.80 Å². The normalized spacial score (nSPS) is 18.1. The summed E-state index contributed by atoms with van der Waals surface area (Å²) in [6.45, 7) is 6.23. The minimum Gasteiger partial charge on any atom is -0.393 e. The number of hydrogen-bond donors (Lipinski definition) is 1. The van der Waals surface area contributed by atoms with E-state index in [-0.39, 0.29) is 6.10 Å². The van der Waals surface area contributed by atoms with Crippen molar-refractivity contribution in [1.29, 1.82) is 0 Å². The molecule has 5 nitrogen and oxygen atoms in total. The summed E-state index contributed by atoms with van der Waals surface area (Å²) in [5, 5.41) is 10.3. The monoisotopic (exact) mass is 292 g/mol. The molecular formula is C16H28N4O. The zero-order chi connectivity index (χ0) is 15.4. The molecule has 0 aromatic carbocycles. The summed E-state index contributed by atoms with van der Waals surface area (Å²) in [6.07, 6.45) is 6.41. The molecule has 1 aromatic rings. The Morgan fingerprint density at radius 1 is 1.29 bits per heavy atom. The number of anilines is 2. The third-order valence-corrected chi connectivity index (χ3v) is 4.19. The average Bonchev–Trinajstić information content (AvgIpc) is 2.47. The highest BCUT2D eigenvalue weighted by Gasteiger charge is 2.26. The highest BCUT2D eigenvalue weighted by Crippen LogP contribution is 2.27. The third-order valence-electron chi connectivity index (χ3n) is 4.19. The van der Waals surface area contributed by atoms with Gasteiger partial charge in [0.1, 0.15) is 11.6 Å². The highest BCUT2D eigenvalue weighted by atomic mass is 16.3. The van der Waals surface area contributed by atoms with Crippen LogP contribution in [0.5, 0.6) is 0 Å². The van der Waals surface area contributed by atoms with Crippen LogP contribution >= 0.6 is 0 Å². The van der Waals surface area contributed by atoms with E-state index in [1.165, 1.54) is 0 Å². The van der Waals surface area contributed by atoms with Crippen LogP contribution in [0.1, 0.15) is 33.1 Å². The number of rotatable bonds is 5. The first kappa shape index (κ1) is 16.0. The maximum Gasteiger partial charge on any atom is 0.149 e. The first-order chi connectivity index (χ1) is 9.97. The molecule has 0 bridgehead atoms. The van der Waals surface area contributed by atoms with Crippen molar-refractivity contribution in [2.75, 3.05) is 37.0 Å². The molecule has 0 spiro atoms. The number of piperidine rings is 1. The van der Waals surface area contributed by atoms with Crippen LogP contribution in [0.15, 0.2) is 12.4 Å². The summed E-state index contributed by atoms with van der Waals surface area (Å²) in [4.78, 5) is 13.2. The zero-order valence-electron chi connectivity index (χ0n) is 13.7. The van der Waals surface area contributed by atoms with E-state index in [0.717, 1.165) is 44.0 Å². The number of aliphatic hydroxyl groups is 1. The largest absolute Gasteiger partial charge is 0.393 e. The Morgan fingerprint density at radius 3 is 2.52 bits per heavy atom. The Kier molecular flexibility index (Phi) is 5.39. The van der Waals surface area contributed by atoms with Crippen LogP contribution in [0, 0.1) is 11.8 Å². The number of aromatic nitrogens is 2. The predicted octanol–water partition coefficient (Wildman–Crippen LogP) is 2.17. The smallest absolute Gasteiger partial charge is 0.149 e. The minimum absolute atomic E-state index is 0.161. The Bertz CT molecular complexity index is 442. The second-order valence-corrected chi connectivity index (χ2v) is 6.65. The molecule has 0 aliphatic carbocycles. The molecular weight excluding hydrogens is 264 g/mol. The summed E-state index contributed by atoms with van der Waals surface area (Å²) >= 11 is 0. The lowest BCUT2D eigenvalue weighted by atomic mass is 9.87. The fraction of sp³-hybridized carbons (Fsp3) is 0.750. The SMILES string of the molecule is CC(C)C[C@H](O)C1CCN(c2cncc(N(C)C)n2)CC1. The van der Waals surface area contributed by atoms with Gasteiger partial charge in [-0.25, -0.2) is 4.98 Å². The fourth-order valence-corrected chi connectivity index (χ4v) is 2.90. The van der Waals surface area contributed by atoms with E-state index < -0.39 is 0 Å². The molecule has 1 fully saturated rings. The van der Waals surface area contributed by atoms with E-state index in [4.69, 9.17) is 0 Å². The average molecular weight is 292 g/mol. The molecule has 0 saturated carbocycles. The van der Waals surface area contributed by atoms with Gasteiger partial charge in [0.2, 0.25) is 0 Å². The van der Waals surface area contributed by atoms with Gasteiger partial charge in [0.05, 0.1) is 18.5 Å². The summed E-state index contributed by atoms with van der Waals surface area (Å²) in [6, 6.07) is 0.